The van der Waals surface area contributed by atoms with Gasteiger partial charge in [0.25, 0.3) is 0 Å². The summed E-state index contributed by atoms with van der Waals surface area (Å²) >= 11 is 1.43. The highest BCUT2D eigenvalue weighted by Crippen LogP contribution is 2.11. The Kier molecular flexibility index (Phi) is 4.82. The average molecular weight is 214 g/mol. The Morgan fingerprint density at radius 2 is 2.36 bits per heavy atom. The predicted octanol–water partition coefficient (Wildman–Crippen LogP) is 1.64. The standard InChI is InChI=1S/C9H18N4S/c1-3-4-8-12-9(14-13-8)11-6-5-7(2)10/h7H,3-6,10H2,1-2H3,(H,11,12,13). The average Bonchev–Trinajstić information content (AvgIpc) is 2.53. The first-order valence-electron chi connectivity index (χ1n) is 5.04. The lowest BCUT2D eigenvalue weighted by Gasteiger charge is -2.04. The molecule has 1 heterocycles. The molecule has 4 nitrogen and oxygen atoms in total. The molecule has 1 unspecified atom stereocenters. The van der Waals surface area contributed by atoms with Crippen molar-refractivity contribution < 1.29 is 0 Å². The maximum atomic E-state index is 5.64. The fourth-order valence-corrected chi connectivity index (χ4v) is 1.69. The summed E-state index contributed by atoms with van der Waals surface area (Å²) in [5.74, 6) is 0.945. The zero-order chi connectivity index (χ0) is 10.4. The molecule has 3 N–H and O–H groups in total. The van der Waals surface area contributed by atoms with E-state index in [9.17, 15) is 0 Å². The van der Waals surface area contributed by atoms with Crippen LogP contribution in [0, 0.1) is 0 Å². The predicted molar refractivity (Wildman–Crippen MR) is 60.7 cm³/mol. The molecule has 0 aliphatic carbocycles. The molecule has 0 saturated heterocycles. The molecule has 80 valence electrons. The summed E-state index contributed by atoms with van der Waals surface area (Å²) in [7, 11) is 0. The van der Waals surface area contributed by atoms with Crippen LogP contribution < -0.4 is 11.1 Å². The first kappa shape index (κ1) is 11.4. The third kappa shape index (κ3) is 4.02. The van der Waals surface area contributed by atoms with Crippen LogP contribution in [0.3, 0.4) is 0 Å². The quantitative estimate of drug-likeness (QED) is 0.755. The smallest absolute Gasteiger partial charge is 0.202 e. The molecule has 0 spiro atoms. The van der Waals surface area contributed by atoms with Crippen LogP contribution in [0.15, 0.2) is 0 Å². The van der Waals surface area contributed by atoms with Crippen molar-refractivity contribution in [3.8, 4) is 0 Å². The normalized spacial score (nSPS) is 12.8. The number of nitrogens with zero attached hydrogens (tertiary/aromatic N) is 2. The highest BCUT2D eigenvalue weighted by molar-refractivity contribution is 7.09. The van der Waals surface area contributed by atoms with Crippen molar-refractivity contribution in [2.45, 2.75) is 39.2 Å². The molecule has 1 aromatic heterocycles. The molecule has 14 heavy (non-hydrogen) atoms. The van der Waals surface area contributed by atoms with E-state index < -0.39 is 0 Å². The second kappa shape index (κ2) is 5.93. The molecule has 0 aliphatic rings. The van der Waals surface area contributed by atoms with Gasteiger partial charge < -0.3 is 11.1 Å². The zero-order valence-corrected chi connectivity index (χ0v) is 9.60. The first-order valence-corrected chi connectivity index (χ1v) is 5.81. The highest BCUT2D eigenvalue weighted by atomic mass is 32.1. The summed E-state index contributed by atoms with van der Waals surface area (Å²) in [6.07, 6.45) is 3.02. The summed E-state index contributed by atoms with van der Waals surface area (Å²) in [6.45, 7) is 5.01. The van der Waals surface area contributed by atoms with Crippen LogP contribution in [0.4, 0.5) is 5.13 Å². The van der Waals surface area contributed by atoms with Gasteiger partial charge in [-0.1, -0.05) is 6.92 Å². The Hall–Kier alpha value is -0.680. The number of aryl methyl sites for hydroxylation is 1. The van der Waals surface area contributed by atoms with Gasteiger partial charge in [-0.3, -0.25) is 0 Å². The third-order valence-corrected chi connectivity index (χ3v) is 2.53. The van der Waals surface area contributed by atoms with Crippen LogP contribution in [-0.2, 0) is 6.42 Å². The number of anilines is 1. The number of aromatic nitrogens is 2. The molecule has 5 heteroatoms. The Balaban J connectivity index is 2.28. The van der Waals surface area contributed by atoms with Gasteiger partial charge >= 0.3 is 0 Å². The summed E-state index contributed by atoms with van der Waals surface area (Å²) in [5, 5.41) is 4.13. The Morgan fingerprint density at radius 1 is 1.57 bits per heavy atom. The fourth-order valence-electron chi connectivity index (χ4n) is 1.06. The van der Waals surface area contributed by atoms with Crippen molar-refractivity contribution in [3.63, 3.8) is 0 Å². The molecule has 1 atom stereocenters. The van der Waals surface area contributed by atoms with Crippen molar-refractivity contribution in [2.24, 2.45) is 5.73 Å². The van der Waals surface area contributed by atoms with E-state index in [0.717, 1.165) is 36.8 Å². The molecular weight excluding hydrogens is 196 g/mol. The molecule has 0 aliphatic heterocycles. The first-order chi connectivity index (χ1) is 6.72. The summed E-state index contributed by atoms with van der Waals surface area (Å²) in [6, 6.07) is 0.241. The Labute approximate surface area is 89.1 Å². The highest BCUT2D eigenvalue weighted by Gasteiger charge is 2.02. The molecule has 0 fully saturated rings. The van der Waals surface area contributed by atoms with Crippen LogP contribution in [0.5, 0.6) is 0 Å². The largest absolute Gasteiger partial charge is 0.360 e. The number of hydrogen-bond donors (Lipinski definition) is 2. The van der Waals surface area contributed by atoms with Crippen molar-refractivity contribution >= 4 is 16.7 Å². The summed E-state index contributed by atoms with van der Waals surface area (Å²) in [4.78, 5) is 4.35. The lowest BCUT2D eigenvalue weighted by Crippen LogP contribution is -2.19. The van der Waals surface area contributed by atoms with Crippen LogP contribution in [0.1, 0.15) is 32.5 Å². The Bertz CT molecular complexity index is 259. The number of rotatable bonds is 6. The van der Waals surface area contributed by atoms with Crippen LogP contribution in [-0.4, -0.2) is 21.9 Å². The van der Waals surface area contributed by atoms with E-state index in [2.05, 4.69) is 21.6 Å². The number of nitrogens with two attached hydrogens (primary N) is 1. The monoisotopic (exact) mass is 214 g/mol. The Morgan fingerprint density at radius 3 is 3.00 bits per heavy atom. The minimum atomic E-state index is 0.241. The van der Waals surface area contributed by atoms with Crippen molar-refractivity contribution in [1.82, 2.24) is 9.36 Å². The van der Waals surface area contributed by atoms with Gasteiger partial charge in [-0.2, -0.15) is 4.37 Å². The van der Waals surface area contributed by atoms with Crippen molar-refractivity contribution in [2.75, 3.05) is 11.9 Å². The van der Waals surface area contributed by atoms with Crippen LogP contribution >= 0.6 is 11.5 Å². The van der Waals surface area contributed by atoms with Gasteiger partial charge in [-0.25, -0.2) is 4.98 Å². The van der Waals surface area contributed by atoms with E-state index in [1.807, 2.05) is 6.92 Å². The topological polar surface area (TPSA) is 63.8 Å². The lowest BCUT2D eigenvalue weighted by molar-refractivity contribution is 0.690. The van der Waals surface area contributed by atoms with E-state index in [0.29, 0.717) is 0 Å². The van der Waals surface area contributed by atoms with Gasteiger partial charge in [0.1, 0.15) is 5.82 Å². The maximum absolute atomic E-state index is 5.64. The maximum Gasteiger partial charge on any atom is 0.202 e. The fraction of sp³-hybridized carbons (Fsp3) is 0.778. The van der Waals surface area contributed by atoms with Gasteiger partial charge in [0.05, 0.1) is 0 Å². The van der Waals surface area contributed by atoms with Gasteiger partial charge in [-0.05, 0) is 19.8 Å². The summed E-state index contributed by atoms with van der Waals surface area (Å²) < 4.78 is 4.24. The minimum absolute atomic E-state index is 0.241. The van der Waals surface area contributed by atoms with Crippen molar-refractivity contribution in [1.29, 1.82) is 0 Å². The van der Waals surface area contributed by atoms with Gasteiger partial charge in [0, 0.05) is 30.5 Å². The van der Waals surface area contributed by atoms with Gasteiger partial charge in [0.2, 0.25) is 5.13 Å². The van der Waals surface area contributed by atoms with E-state index in [4.69, 9.17) is 5.73 Å². The SMILES string of the molecule is CCCc1nsc(NCCC(C)N)n1. The molecule has 1 rings (SSSR count). The lowest BCUT2D eigenvalue weighted by atomic mass is 10.2. The molecule has 1 aromatic rings. The molecule has 0 amide bonds. The van der Waals surface area contributed by atoms with E-state index in [-0.39, 0.29) is 6.04 Å². The zero-order valence-electron chi connectivity index (χ0n) is 8.79. The van der Waals surface area contributed by atoms with Gasteiger partial charge in [-0.15, -0.1) is 0 Å². The molecule has 0 saturated carbocycles. The van der Waals surface area contributed by atoms with E-state index in [1.165, 1.54) is 11.5 Å². The molecule has 0 bridgehead atoms. The molecule has 0 aromatic carbocycles. The van der Waals surface area contributed by atoms with Crippen LogP contribution in [0.2, 0.25) is 0 Å². The van der Waals surface area contributed by atoms with Crippen LogP contribution in [0.25, 0.3) is 0 Å². The second-order valence-corrected chi connectivity index (χ2v) is 4.21. The van der Waals surface area contributed by atoms with Gasteiger partial charge in [0.15, 0.2) is 0 Å². The number of hydrogen-bond acceptors (Lipinski definition) is 5. The third-order valence-electron chi connectivity index (χ3n) is 1.82. The van der Waals surface area contributed by atoms with Crippen molar-refractivity contribution in [3.05, 3.63) is 5.82 Å². The molecular formula is C9H18N4S. The van der Waals surface area contributed by atoms with E-state index >= 15 is 0 Å². The minimum Gasteiger partial charge on any atom is -0.360 e. The summed E-state index contributed by atoms with van der Waals surface area (Å²) in [5.41, 5.74) is 5.64. The van der Waals surface area contributed by atoms with E-state index in [1.54, 1.807) is 0 Å². The second-order valence-electron chi connectivity index (χ2n) is 3.46. The number of nitrogens with one attached hydrogen (secondary N) is 1. The molecule has 0 radical (unpaired) electrons.